The van der Waals surface area contributed by atoms with Crippen LogP contribution in [0.3, 0.4) is 0 Å². The Morgan fingerprint density at radius 3 is 2.76 bits per heavy atom. The van der Waals surface area contributed by atoms with Crippen molar-refractivity contribution in [3.8, 4) is 5.75 Å². The van der Waals surface area contributed by atoms with E-state index >= 15 is 0 Å². The molecule has 0 aliphatic heterocycles. The maximum Gasteiger partial charge on any atom is 0.344 e. The van der Waals surface area contributed by atoms with Gasteiger partial charge in [0.05, 0.1) is 4.47 Å². The van der Waals surface area contributed by atoms with Gasteiger partial charge in [0.15, 0.2) is 12.7 Å². The monoisotopic (exact) mass is 355 g/mol. The lowest BCUT2D eigenvalue weighted by Gasteiger charge is -2.14. The smallest absolute Gasteiger partial charge is 0.344 e. The standard InChI is InChI=1S/C15H18BrNO4/c1-9-3-6-13(12(16)7-9)20-8-14(18)21-10(2)15(19)17-11-4-5-11/h3,6-7,10-11H,4-5,8H2,1-2H3,(H,17,19)/t10-/m1/s1. The predicted octanol–water partition coefficient (Wildman–Crippen LogP) is 2.35. The maximum atomic E-state index is 11.7. The number of amides is 1. The molecule has 5 nitrogen and oxygen atoms in total. The van der Waals surface area contributed by atoms with Crippen molar-refractivity contribution >= 4 is 27.8 Å². The van der Waals surface area contributed by atoms with E-state index in [1.807, 2.05) is 19.1 Å². The topological polar surface area (TPSA) is 64.6 Å². The van der Waals surface area contributed by atoms with Crippen molar-refractivity contribution in [3.63, 3.8) is 0 Å². The van der Waals surface area contributed by atoms with Crippen LogP contribution in [0.1, 0.15) is 25.3 Å². The molecule has 1 aromatic carbocycles. The molecule has 6 heteroatoms. The maximum absolute atomic E-state index is 11.7. The van der Waals surface area contributed by atoms with Gasteiger partial charge in [-0.05, 0) is 60.3 Å². The molecule has 114 valence electrons. The van der Waals surface area contributed by atoms with E-state index in [2.05, 4.69) is 21.2 Å². The van der Waals surface area contributed by atoms with Crippen LogP contribution in [0, 0.1) is 6.92 Å². The van der Waals surface area contributed by atoms with E-state index in [9.17, 15) is 9.59 Å². The first-order valence-electron chi connectivity index (χ1n) is 6.84. The van der Waals surface area contributed by atoms with Crippen molar-refractivity contribution < 1.29 is 19.1 Å². The molecule has 0 radical (unpaired) electrons. The molecule has 0 aromatic heterocycles. The summed E-state index contributed by atoms with van der Waals surface area (Å²) < 4.78 is 11.2. The van der Waals surface area contributed by atoms with Gasteiger partial charge in [0, 0.05) is 6.04 Å². The van der Waals surface area contributed by atoms with E-state index in [0.29, 0.717) is 5.75 Å². The molecule has 1 saturated carbocycles. The summed E-state index contributed by atoms with van der Waals surface area (Å²) in [7, 11) is 0. The Morgan fingerprint density at radius 1 is 1.43 bits per heavy atom. The third-order valence-electron chi connectivity index (χ3n) is 3.03. The van der Waals surface area contributed by atoms with Gasteiger partial charge in [-0.1, -0.05) is 6.07 Å². The van der Waals surface area contributed by atoms with Crippen LogP contribution in [0.5, 0.6) is 5.75 Å². The quantitative estimate of drug-likeness (QED) is 0.795. The minimum atomic E-state index is -0.803. The molecule has 0 spiro atoms. The largest absolute Gasteiger partial charge is 0.481 e. The van der Waals surface area contributed by atoms with Gasteiger partial charge in [-0.2, -0.15) is 0 Å². The minimum absolute atomic E-state index is 0.233. The first-order valence-corrected chi connectivity index (χ1v) is 7.64. The van der Waals surface area contributed by atoms with Crippen molar-refractivity contribution in [2.45, 2.75) is 38.8 Å². The Balaban J connectivity index is 1.77. The second-order valence-electron chi connectivity index (χ2n) is 5.14. The fourth-order valence-electron chi connectivity index (χ4n) is 1.69. The van der Waals surface area contributed by atoms with Crippen LogP contribution >= 0.6 is 15.9 Å². The second-order valence-corrected chi connectivity index (χ2v) is 5.99. The van der Waals surface area contributed by atoms with Gasteiger partial charge in [0.1, 0.15) is 5.75 Å². The summed E-state index contributed by atoms with van der Waals surface area (Å²) >= 11 is 3.36. The molecule has 2 rings (SSSR count). The van der Waals surface area contributed by atoms with E-state index in [0.717, 1.165) is 22.9 Å². The molecule has 1 N–H and O–H groups in total. The molecule has 0 saturated heterocycles. The molecule has 0 unspecified atom stereocenters. The number of carbonyl (C=O) groups excluding carboxylic acids is 2. The highest BCUT2D eigenvalue weighted by atomic mass is 79.9. The lowest BCUT2D eigenvalue weighted by atomic mass is 10.2. The van der Waals surface area contributed by atoms with Crippen LogP contribution in [-0.4, -0.2) is 30.6 Å². The summed E-state index contributed by atoms with van der Waals surface area (Å²) in [5, 5.41) is 2.78. The highest BCUT2D eigenvalue weighted by Crippen LogP contribution is 2.25. The van der Waals surface area contributed by atoms with E-state index in [1.54, 1.807) is 13.0 Å². The van der Waals surface area contributed by atoms with Gasteiger partial charge in [0.2, 0.25) is 0 Å². The van der Waals surface area contributed by atoms with Crippen molar-refractivity contribution in [2.75, 3.05) is 6.61 Å². The SMILES string of the molecule is Cc1ccc(OCC(=O)O[C@H](C)C(=O)NC2CC2)c(Br)c1. The third-order valence-corrected chi connectivity index (χ3v) is 3.65. The van der Waals surface area contributed by atoms with Crippen molar-refractivity contribution in [1.82, 2.24) is 5.32 Å². The normalized spacial score (nSPS) is 15.2. The fourth-order valence-corrected chi connectivity index (χ4v) is 2.30. The minimum Gasteiger partial charge on any atom is -0.481 e. The van der Waals surface area contributed by atoms with Crippen LogP contribution in [0.4, 0.5) is 0 Å². The number of hydrogen-bond acceptors (Lipinski definition) is 4. The molecule has 1 aromatic rings. The third kappa shape index (κ3) is 5.04. The molecular weight excluding hydrogens is 338 g/mol. The number of aryl methyl sites for hydroxylation is 1. The molecule has 1 atom stereocenters. The summed E-state index contributed by atoms with van der Waals surface area (Å²) in [4.78, 5) is 23.3. The second kappa shape index (κ2) is 6.93. The summed E-state index contributed by atoms with van der Waals surface area (Å²) in [6.45, 7) is 3.28. The van der Waals surface area contributed by atoms with Crippen molar-refractivity contribution in [2.24, 2.45) is 0 Å². The number of ether oxygens (including phenoxy) is 2. The highest BCUT2D eigenvalue weighted by Gasteiger charge is 2.27. The predicted molar refractivity (Wildman–Crippen MR) is 81.1 cm³/mol. The number of benzene rings is 1. The van der Waals surface area contributed by atoms with E-state index in [-0.39, 0.29) is 18.6 Å². The van der Waals surface area contributed by atoms with Crippen LogP contribution in [-0.2, 0) is 14.3 Å². The average Bonchev–Trinajstić information content (AvgIpc) is 3.21. The molecule has 0 heterocycles. The Labute approximate surface area is 132 Å². The van der Waals surface area contributed by atoms with E-state index in [1.165, 1.54) is 0 Å². The number of nitrogens with one attached hydrogen (secondary N) is 1. The van der Waals surface area contributed by atoms with Gasteiger partial charge in [-0.3, -0.25) is 4.79 Å². The first kappa shape index (κ1) is 15.8. The number of esters is 1. The Bertz CT molecular complexity index is 542. The zero-order valence-electron chi connectivity index (χ0n) is 12.0. The van der Waals surface area contributed by atoms with Gasteiger partial charge in [-0.25, -0.2) is 4.79 Å². The number of halogens is 1. The summed E-state index contributed by atoms with van der Waals surface area (Å²) in [5.74, 6) is -0.268. The molecule has 1 amide bonds. The summed E-state index contributed by atoms with van der Waals surface area (Å²) in [6.07, 6.45) is 1.19. The zero-order chi connectivity index (χ0) is 15.4. The number of hydrogen-bond donors (Lipinski definition) is 1. The summed E-state index contributed by atoms with van der Waals surface area (Å²) in [6, 6.07) is 5.80. The van der Waals surface area contributed by atoms with Crippen LogP contribution in [0.15, 0.2) is 22.7 Å². The molecule has 1 aliphatic carbocycles. The van der Waals surface area contributed by atoms with Crippen molar-refractivity contribution in [1.29, 1.82) is 0 Å². The molecule has 1 aliphatic rings. The zero-order valence-corrected chi connectivity index (χ0v) is 13.6. The number of rotatable bonds is 6. The molecule has 1 fully saturated rings. The Morgan fingerprint density at radius 2 is 2.14 bits per heavy atom. The van der Waals surface area contributed by atoms with Crippen molar-refractivity contribution in [3.05, 3.63) is 28.2 Å². The van der Waals surface area contributed by atoms with E-state index in [4.69, 9.17) is 9.47 Å². The lowest BCUT2D eigenvalue weighted by molar-refractivity contribution is -0.156. The fraction of sp³-hybridized carbons (Fsp3) is 0.467. The molecule has 0 bridgehead atoms. The first-order chi connectivity index (χ1) is 9.95. The van der Waals surface area contributed by atoms with Crippen LogP contribution < -0.4 is 10.1 Å². The average molecular weight is 356 g/mol. The van der Waals surface area contributed by atoms with Crippen LogP contribution in [0.2, 0.25) is 0 Å². The lowest BCUT2D eigenvalue weighted by Crippen LogP contribution is -2.37. The van der Waals surface area contributed by atoms with Gasteiger partial charge in [0.25, 0.3) is 5.91 Å². The highest BCUT2D eigenvalue weighted by molar-refractivity contribution is 9.10. The van der Waals surface area contributed by atoms with Gasteiger partial charge < -0.3 is 14.8 Å². The van der Waals surface area contributed by atoms with Gasteiger partial charge >= 0.3 is 5.97 Å². The Kier molecular flexibility index (Phi) is 5.22. The number of carbonyl (C=O) groups is 2. The Hall–Kier alpha value is -1.56. The van der Waals surface area contributed by atoms with E-state index < -0.39 is 12.1 Å². The van der Waals surface area contributed by atoms with Crippen LogP contribution in [0.25, 0.3) is 0 Å². The van der Waals surface area contributed by atoms with Gasteiger partial charge in [-0.15, -0.1) is 0 Å². The summed E-state index contributed by atoms with van der Waals surface area (Å²) in [5.41, 5.74) is 1.09. The molecule has 21 heavy (non-hydrogen) atoms. The molecular formula is C15H18BrNO4.